The van der Waals surface area contributed by atoms with Crippen LogP contribution in [0.1, 0.15) is 33.4 Å². The number of hydrogen-bond donors (Lipinski definition) is 0. The van der Waals surface area contributed by atoms with Gasteiger partial charge in [-0.3, -0.25) is 0 Å². The molecule has 298 valence electrons. The molecule has 0 aromatic heterocycles. The van der Waals surface area contributed by atoms with Crippen molar-refractivity contribution in [2.24, 2.45) is 0 Å². The van der Waals surface area contributed by atoms with Crippen molar-refractivity contribution in [1.29, 1.82) is 0 Å². The van der Waals surface area contributed by atoms with Gasteiger partial charge in [0.2, 0.25) is 0 Å². The van der Waals surface area contributed by atoms with Crippen LogP contribution in [-0.4, -0.2) is 0 Å². The first kappa shape index (κ1) is 37.8. The van der Waals surface area contributed by atoms with Crippen LogP contribution in [0.3, 0.4) is 0 Å². The average Bonchev–Trinajstić information content (AvgIpc) is 3.66. The van der Waals surface area contributed by atoms with Gasteiger partial charge < -0.3 is 9.64 Å². The lowest BCUT2D eigenvalue weighted by Gasteiger charge is -2.34. The van der Waals surface area contributed by atoms with E-state index in [1.54, 1.807) is 0 Å². The Morgan fingerprint density at radius 3 is 1.35 bits per heavy atom. The van der Waals surface area contributed by atoms with Gasteiger partial charge in [-0.2, -0.15) is 0 Å². The number of benzene rings is 9. The second-order valence-electron chi connectivity index (χ2n) is 16.1. The molecule has 0 radical (unpaired) electrons. The van der Waals surface area contributed by atoms with Gasteiger partial charge in [0.15, 0.2) is 0 Å². The normalized spacial score (nSPS) is 14.7. The third kappa shape index (κ3) is 6.61. The standard InChI is InChI=1S/C61H43NO/c1-43-17-16-28-58(63-60-54(43)41-42-57-59(60)55-26-14-15-27-56(55)61(57,49-22-10-4-11-23-49)50-24-12-5-13-25-50)48-33-39-53(40-34-48)62(51-35-29-46(30-36-51)44-18-6-2-7-19-44)52-37-31-47(32-38-52)45-20-8-3-9-21-45/h2-42H,1H2/b17-16-,58-28-. The zero-order chi connectivity index (χ0) is 42.2. The second-order valence-corrected chi connectivity index (χ2v) is 16.1. The molecule has 2 nitrogen and oxygen atoms in total. The van der Waals surface area contributed by atoms with E-state index >= 15 is 0 Å². The first-order valence-corrected chi connectivity index (χ1v) is 21.5. The lowest BCUT2D eigenvalue weighted by molar-refractivity contribution is 0.514. The van der Waals surface area contributed by atoms with E-state index in [9.17, 15) is 0 Å². The minimum absolute atomic E-state index is 0.542. The summed E-state index contributed by atoms with van der Waals surface area (Å²) < 4.78 is 7.27. The molecule has 1 heterocycles. The summed E-state index contributed by atoms with van der Waals surface area (Å²) in [5, 5.41) is 0. The van der Waals surface area contributed by atoms with Crippen LogP contribution in [0.4, 0.5) is 17.1 Å². The summed E-state index contributed by atoms with van der Waals surface area (Å²) in [6, 6.07) is 82.5. The monoisotopic (exact) mass is 805 g/mol. The van der Waals surface area contributed by atoms with E-state index in [-0.39, 0.29) is 0 Å². The maximum absolute atomic E-state index is 7.27. The van der Waals surface area contributed by atoms with Crippen molar-refractivity contribution < 1.29 is 4.74 Å². The quantitative estimate of drug-likeness (QED) is 0.152. The highest BCUT2D eigenvalue weighted by Crippen LogP contribution is 2.60. The molecule has 0 saturated heterocycles. The van der Waals surface area contributed by atoms with E-state index in [1.807, 2.05) is 6.08 Å². The summed E-state index contributed by atoms with van der Waals surface area (Å²) in [5.41, 5.74) is 17.4. The van der Waals surface area contributed by atoms with E-state index in [4.69, 9.17) is 4.74 Å². The van der Waals surface area contributed by atoms with Gasteiger partial charge >= 0.3 is 0 Å². The number of rotatable bonds is 8. The predicted octanol–water partition coefficient (Wildman–Crippen LogP) is 15.9. The first-order valence-electron chi connectivity index (χ1n) is 21.5. The van der Waals surface area contributed by atoms with Crippen LogP contribution < -0.4 is 9.64 Å². The Labute approximate surface area is 369 Å². The smallest absolute Gasteiger partial charge is 0.143 e. The number of fused-ring (bicyclic) bond motifs is 5. The number of allylic oxidation sites excluding steroid dienone is 4. The molecule has 0 atom stereocenters. The van der Waals surface area contributed by atoms with Crippen LogP contribution in [-0.2, 0) is 5.41 Å². The van der Waals surface area contributed by atoms with E-state index in [0.29, 0.717) is 0 Å². The molecule has 0 amide bonds. The number of ether oxygens (including phenoxy) is 1. The zero-order valence-electron chi connectivity index (χ0n) is 34.7. The fourth-order valence-electron chi connectivity index (χ4n) is 9.59. The minimum Gasteiger partial charge on any atom is -0.455 e. The molecule has 0 saturated carbocycles. The molecule has 0 unspecified atom stereocenters. The third-order valence-electron chi connectivity index (χ3n) is 12.6. The molecular weight excluding hydrogens is 763 g/mol. The van der Waals surface area contributed by atoms with Crippen molar-refractivity contribution in [3.8, 4) is 39.1 Å². The molecule has 2 heteroatoms. The molecule has 11 rings (SSSR count). The van der Waals surface area contributed by atoms with Crippen molar-refractivity contribution in [2.45, 2.75) is 5.41 Å². The van der Waals surface area contributed by atoms with Gasteiger partial charge in [0.25, 0.3) is 0 Å². The van der Waals surface area contributed by atoms with Gasteiger partial charge in [0.05, 0.1) is 5.41 Å². The molecule has 1 aliphatic carbocycles. The Balaban J connectivity index is 1.01. The molecule has 63 heavy (non-hydrogen) atoms. The highest BCUT2D eigenvalue weighted by Gasteiger charge is 2.47. The maximum atomic E-state index is 7.27. The highest BCUT2D eigenvalue weighted by atomic mass is 16.5. The number of hydrogen-bond acceptors (Lipinski definition) is 2. The Bertz CT molecular complexity index is 3030. The topological polar surface area (TPSA) is 12.5 Å². The first-order chi connectivity index (χ1) is 31.2. The summed E-state index contributed by atoms with van der Waals surface area (Å²) >= 11 is 0. The van der Waals surface area contributed by atoms with Crippen molar-refractivity contribution in [2.75, 3.05) is 4.90 Å². The Morgan fingerprint density at radius 1 is 0.381 bits per heavy atom. The fourth-order valence-corrected chi connectivity index (χ4v) is 9.59. The fraction of sp³-hybridized carbons (Fsp3) is 0.0164. The second kappa shape index (κ2) is 16.0. The van der Waals surface area contributed by atoms with E-state index < -0.39 is 5.41 Å². The highest BCUT2D eigenvalue weighted by molar-refractivity contribution is 5.95. The lowest BCUT2D eigenvalue weighted by Crippen LogP contribution is -2.28. The average molecular weight is 806 g/mol. The van der Waals surface area contributed by atoms with Crippen LogP contribution in [0.15, 0.2) is 255 Å². The Kier molecular flexibility index (Phi) is 9.60. The molecular formula is C61H43NO. The number of nitrogens with zero attached hydrogens (tertiary/aromatic N) is 1. The minimum atomic E-state index is -0.542. The lowest BCUT2D eigenvalue weighted by atomic mass is 9.67. The number of anilines is 3. The summed E-state index contributed by atoms with van der Waals surface area (Å²) in [4.78, 5) is 2.32. The van der Waals surface area contributed by atoms with E-state index in [2.05, 4.69) is 254 Å². The van der Waals surface area contributed by atoms with Crippen molar-refractivity contribution in [3.63, 3.8) is 0 Å². The van der Waals surface area contributed by atoms with Gasteiger partial charge in [-0.25, -0.2) is 0 Å². The molecule has 0 N–H and O–H groups in total. The molecule has 0 spiro atoms. The maximum Gasteiger partial charge on any atom is 0.143 e. The summed E-state index contributed by atoms with van der Waals surface area (Å²) in [5.74, 6) is 1.58. The molecule has 9 aromatic carbocycles. The Morgan fingerprint density at radius 2 is 0.825 bits per heavy atom. The largest absolute Gasteiger partial charge is 0.455 e. The summed E-state index contributed by atoms with van der Waals surface area (Å²) in [7, 11) is 0. The zero-order valence-corrected chi connectivity index (χ0v) is 34.7. The molecule has 0 bridgehead atoms. The Hall–Kier alpha value is -8.20. The molecule has 9 aromatic rings. The summed E-state index contributed by atoms with van der Waals surface area (Å²) in [6.45, 7) is 4.52. The van der Waals surface area contributed by atoms with E-state index in [0.717, 1.165) is 56.4 Å². The molecule has 1 aliphatic heterocycles. The molecule has 2 aliphatic rings. The van der Waals surface area contributed by atoms with Crippen LogP contribution >= 0.6 is 0 Å². The van der Waals surface area contributed by atoms with Crippen molar-refractivity contribution in [3.05, 3.63) is 289 Å². The molecule has 0 fully saturated rings. The summed E-state index contributed by atoms with van der Waals surface area (Å²) in [6.07, 6.45) is 6.20. The van der Waals surface area contributed by atoms with Crippen molar-refractivity contribution >= 4 is 28.4 Å². The van der Waals surface area contributed by atoms with Crippen LogP contribution in [0.2, 0.25) is 0 Å². The van der Waals surface area contributed by atoms with Gasteiger partial charge in [-0.1, -0.05) is 201 Å². The SMILES string of the molecule is C=C1/C=C\C=C(\c2ccc(N(c3ccc(-c4ccccc4)cc3)c3ccc(-c4ccccc4)cc3)cc2)Oc2c1ccc1c2-c2ccccc2C1(c1ccccc1)c1ccccc1. The van der Waals surface area contributed by atoms with Gasteiger partial charge in [0.1, 0.15) is 11.5 Å². The van der Waals surface area contributed by atoms with Crippen LogP contribution in [0, 0.1) is 0 Å². The van der Waals surface area contributed by atoms with Crippen molar-refractivity contribution in [1.82, 2.24) is 0 Å². The van der Waals surface area contributed by atoms with E-state index in [1.165, 1.54) is 44.5 Å². The predicted molar refractivity (Wildman–Crippen MR) is 263 cm³/mol. The van der Waals surface area contributed by atoms with Crippen LogP contribution in [0.5, 0.6) is 5.75 Å². The third-order valence-corrected chi connectivity index (χ3v) is 12.6. The van der Waals surface area contributed by atoms with Gasteiger partial charge in [0, 0.05) is 33.8 Å². The van der Waals surface area contributed by atoms with Gasteiger partial charge in [-0.15, -0.1) is 0 Å². The van der Waals surface area contributed by atoms with Gasteiger partial charge in [-0.05, 0) is 110 Å². The van der Waals surface area contributed by atoms with Crippen LogP contribution in [0.25, 0.3) is 44.7 Å².